The number of ketones is 1. The van der Waals surface area contributed by atoms with Gasteiger partial charge in [0.15, 0.2) is 17.1 Å². The van der Waals surface area contributed by atoms with Crippen molar-refractivity contribution < 1.29 is 14.3 Å². The number of hydrogen-bond acceptors (Lipinski definition) is 7. The molecule has 8 nitrogen and oxygen atoms in total. The number of hydrogen-bond donors (Lipinski definition) is 0. The number of nitrogens with zero attached hydrogens (tertiary/aromatic N) is 5. The molecule has 1 atom stereocenters. The molecule has 0 N–H and O–H groups in total. The van der Waals surface area contributed by atoms with E-state index in [-0.39, 0.29) is 5.78 Å². The van der Waals surface area contributed by atoms with Gasteiger partial charge in [-0.25, -0.2) is 4.98 Å². The van der Waals surface area contributed by atoms with Crippen molar-refractivity contribution in [2.75, 3.05) is 32.2 Å². The predicted octanol–water partition coefficient (Wildman–Crippen LogP) is 3.23. The van der Waals surface area contributed by atoms with Crippen molar-refractivity contribution in [3.8, 4) is 22.6 Å². The number of ether oxygens (including phenoxy) is 2. The Morgan fingerprint density at radius 3 is 2.63 bits per heavy atom. The molecule has 1 aliphatic heterocycles. The van der Waals surface area contributed by atoms with E-state index < -0.39 is 0 Å². The van der Waals surface area contributed by atoms with Crippen LogP contribution in [0, 0.1) is 19.8 Å². The number of methoxy groups -OCH3 is 2. The van der Waals surface area contributed by atoms with E-state index in [1.165, 1.54) is 0 Å². The highest BCUT2D eigenvalue weighted by molar-refractivity contribution is 5.82. The Morgan fingerprint density at radius 1 is 1.17 bits per heavy atom. The lowest BCUT2D eigenvalue weighted by Crippen LogP contribution is -2.25. The zero-order valence-electron chi connectivity index (χ0n) is 18.1. The van der Waals surface area contributed by atoms with E-state index >= 15 is 0 Å². The number of aryl methyl sites for hydroxylation is 2. The second kappa shape index (κ2) is 7.93. The summed E-state index contributed by atoms with van der Waals surface area (Å²) in [6.07, 6.45) is 1.59. The number of carbonyl (C=O) groups is 1. The first-order valence-electron chi connectivity index (χ1n) is 10.1. The summed E-state index contributed by atoms with van der Waals surface area (Å²) in [5, 5.41) is 4.77. The Kier molecular flexibility index (Phi) is 5.32. The molecule has 2 aromatic heterocycles. The number of Topliss-reactive ketones (excluding diaryl/α,β-unsaturated/α-hetero) is 1. The second-order valence-corrected chi connectivity index (χ2v) is 7.84. The summed E-state index contributed by atoms with van der Waals surface area (Å²) in [4.78, 5) is 23.1. The second-order valence-electron chi connectivity index (χ2n) is 7.84. The van der Waals surface area contributed by atoms with Crippen LogP contribution in [0.1, 0.15) is 31.3 Å². The summed E-state index contributed by atoms with van der Waals surface area (Å²) >= 11 is 0. The molecule has 0 spiro atoms. The molecule has 0 bridgehead atoms. The van der Waals surface area contributed by atoms with Gasteiger partial charge in [0.05, 0.1) is 19.9 Å². The number of aromatic nitrogens is 4. The highest BCUT2D eigenvalue weighted by atomic mass is 16.5. The Bertz CT molecular complexity index is 1110. The monoisotopic (exact) mass is 409 g/mol. The minimum atomic E-state index is 0.233. The van der Waals surface area contributed by atoms with Gasteiger partial charge in [-0.15, -0.1) is 0 Å². The molecule has 158 valence electrons. The molecule has 0 amide bonds. The van der Waals surface area contributed by atoms with Crippen molar-refractivity contribution in [3.63, 3.8) is 0 Å². The third kappa shape index (κ3) is 3.58. The molecule has 0 aliphatic carbocycles. The van der Waals surface area contributed by atoms with E-state index in [1.807, 2.05) is 36.6 Å². The van der Waals surface area contributed by atoms with E-state index in [0.29, 0.717) is 29.7 Å². The lowest BCUT2D eigenvalue weighted by atomic mass is 10.0. The van der Waals surface area contributed by atoms with E-state index in [0.717, 1.165) is 47.9 Å². The molecule has 30 heavy (non-hydrogen) atoms. The molecule has 1 aromatic carbocycles. The van der Waals surface area contributed by atoms with Crippen molar-refractivity contribution >= 4 is 17.4 Å². The van der Waals surface area contributed by atoms with Crippen LogP contribution >= 0.6 is 0 Å². The number of rotatable bonds is 6. The Balaban J connectivity index is 1.79. The van der Waals surface area contributed by atoms with Crippen LogP contribution in [-0.4, -0.2) is 52.7 Å². The van der Waals surface area contributed by atoms with Crippen molar-refractivity contribution in [1.29, 1.82) is 0 Å². The standard InChI is InChI=1S/C22H27N5O3/c1-13(28)10-16-8-9-26(12-16)22-24-15(3)23-21-20(14(2)25-27(21)22)17-6-7-18(29-4)19(11-17)30-5/h6-7,11,16H,8-10,12H2,1-5H3/t16-/m0/s1. The Labute approximate surface area is 175 Å². The van der Waals surface area contributed by atoms with Gasteiger partial charge in [0.2, 0.25) is 5.95 Å². The summed E-state index contributed by atoms with van der Waals surface area (Å²) < 4.78 is 12.7. The number of benzene rings is 1. The topological polar surface area (TPSA) is 81.9 Å². The number of anilines is 1. The molecule has 0 unspecified atom stereocenters. The zero-order chi connectivity index (χ0) is 21.4. The first-order chi connectivity index (χ1) is 14.4. The van der Waals surface area contributed by atoms with Crippen LogP contribution in [-0.2, 0) is 4.79 Å². The van der Waals surface area contributed by atoms with Gasteiger partial charge in [-0.3, -0.25) is 0 Å². The predicted molar refractivity (Wildman–Crippen MR) is 114 cm³/mol. The van der Waals surface area contributed by atoms with Gasteiger partial charge in [-0.05, 0) is 50.8 Å². The summed E-state index contributed by atoms with van der Waals surface area (Å²) in [6, 6.07) is 5.82. The highest BCUT2D eigenvalue weighted by Crippen LogP contribution is 2.36. The van der Waals surface area contributed by atoms with Crippen LogP contribution in [0.5, 0.6) is 11.5 Å². The van der Waals surface area contributed by atoms with Gasteiger partial charge >= 0.3 is 0 Å². The molecule has 1 fully saturated rings. The van der Waals surface area contributed by atoms with E-state index in [1.54, 1.807) is 21.1 Å². The first kappa shape index (κ1) is 20.1. The normalized spacial score (nSPS) is 16.3. The molecule has 3 aromatic rings. The van der Waals surface area contributed by atoms with E-state index in [9.17, 15) is 4.79 Å². The molecule has 4 rings (SSSR count). The van der Waals surface area contributed by atoms with Crippen molar-refractivity contribution in [1.82, 2.24) is 19.6 Å². The van der Waals surface area contributed by atoms with Crippen LogP contribution in [0.25, 0.3) is 16.8 Å². The molecular weight excluding hydrogens is 382 g/mol. The van der Waals surface area contributed by atoms with Gasteiger partial charge in [0, 0.05) is 25.1 Å². The molecule has 0 radical (unpaired) electrons. The van der Waals surface area contributed by atoms with Crippen LogP contribution in [0.4, 0.5) is 5.95 Å². The van der Waals surface area contributed by atoms with Crippen molar-refractivity contribution in [2.24, 2.45) is 5.92 Å². The smallest absolute Gasteiger partial charge is 0.230 e. The molecule has 1 saturated heterocycles. The van der Waals surface area contributed by atoms with Crippen LogP contribution < -0.4 is 14.4 Å². The minimum Gasteiger partial charge on any atom is -0.493 e. The maximum absolute atomic E-state index is 11.5. The van der Waals surface area contributed by atoms with Gasteiger partial charge in [0.1, 0.15) is 11.6 Å². The van der Waals surface area contributed by atoms with E-state index in [4.69, 9.17) is 24.5 Å². The van der Waals surface area contributed by atoms with Crippen molar-refractivity contribution in [2.45, 2.75) is 33.6 Å². The van der Waals surface area contributed by atoms with Crippen LogP contribution in [0.2, 0.25) is 0 Å². The van der Waals surface area contributed by atoms with E-state index in [2.05, 4.69) is 4.90 Å². The van der Waals surface area contributed by atoms with Gasteiger partial charge in [0.25, 0.3) is 0 Å². The highest BCUT2D eigenvalue weighted by Gasteiger charge is 2.28. The lowest BCUT2D eigenvalue weighted by molar-refractivity contribution is -0.117. The number of carbonyl (C=O) groups excluding carboxylic acids is 1. The molecule has 8 heteroatoms. The Hall–Kier alpha value is -3.16. The maximum atomic E-state index is 11.5. The summed E-state index contributed by atoms with van der Waals surface area (Å²) in [7, 11) is 3.25. The fourth-order valence-corrected chi connectivity index (χ4v) is 4.25. The Morgan fingerprint density at radius 2 is 1.93 bits per heavy atom. The van der Waals surface area contributed by atoms with Crippen LogP contribution in [0.15, 0.2) is 18.2 Å². The number of fused-ring (bicyclic) bond motifs is 1. The first-order valence-corrected chi connectivity index (χ1v) is 10.1. The molecule has 0 saturated carbocycles. The molecule has 3 heterocycles. The third-order valence-electron chi connectivity index (χ3n) is 5.57. The average molecular weight is 409 g/mol. The summed E-state index contributed by atoms with van der Waals surface area (Å²) in [6.45, 7) is 7.18. The van der Waals surface area contributed by atoms with Gasteiger partial charge in [-0.1, -0.05) is 6.07 Å². The molecule has 1 aliphatic rings. The summed E-state index contributed by atoms with van der Waals surface area (Å²) in [5.41, 5.74) is 3.53. The van der Waals surface area contributed by atoms with Gasteiger partial charge in [-0.2, -0.15) is 14.6 Å². The zero-order valence-corrected chi connectivity index (χ0v) is 18.1. The quantitative estimate of drug-likeness (QED) is 0.618. The fourth-order valence-electron chi connectivity index (χ4n) is 4.25. The fraction of sp³-hybridized carbons (Fsp3) is 0.455. The van der Waals surface area contributed by atoms with Crippen LogP contribution in [0.3, 0.4) is 0 Å². The van der Waals surface area contributed by atoms with Crippen molar-refractivity contribution in [3.05, 3.63) is 29.7 Å². The lowest BCUT2D eigenvalue weighted by Gasteiger charge is -2.18. The summed E-state index contributed by atoms with van der Waals surface area (Å²) in [5.74, 6) is 3.39. The minimum absolute atomic E-state index is 0.233. The maximum Gasteiger partial charge on any atom is 0.230 e. The third-order valence-corrected chi connectivity index (χ3v) is 5.57. The SMILES string of the molecule is COc1ccc(-c2c(C)nn3c(N4CC[C@@H](CC(C)=O)C4)nc(C)nc23)cc1OC. The largest absolute Gasteiger partial charge is 0.493 e. The van der Waals surface area contributed by atoms with Gasteiger partial charge < -0.3 is 19.2 Å². The molecular formula is C22H27N5O3. The average Bonchev–Trinajstić information content (AvgIpc) is 3.30.